The molecule has 1 aromatic carbocycles. The fourth-order valence-corrected chi connectivity index (χ4v) is 4.38. The number of fused-ring (bicyclic) bond motifs is 1. The number of hydrogen-bond acceptors (Lipinski definition) is 5. The molecule has 0 spiro atoms. The minimum Gasteiger partial charge on any atom is -0.347 e. The molecule has 3 aromatic rings. The number of pyridine rings is 1. The van der Waals surface area contributed by atoms with Crippen molar-refractivity contribution >= 4 is 54.3 Å². The lowest BCUT2D eigenvalue weighted by molar-refractivity contribution is -0.120. The van der Waals surface area contributed by atoms with Crippen LogP contribution in [0.2, 0.25) is 0 Å². The second-order valence-electron chi connectivity index (χ2n) is 6.08. The van der Waals surface area contributed by atoms with E-state index in [0.717, 1.165) is 45.0 Å². The number of aromatic nitrogens is 2. The summed E-state index contributed by atoms with van der Waals surface area (Å²) in [5.74, 6) is 0.0247. The molecule has 0 bridgehead atoms. The molecular weight excluding hydrogens is 400 g/mol. The molecule has 0 aliphatic carbocycles. The van der Waals surface area contributed by atoms with Crippen molar-refractivity contribution in [1.29, 1.82) is 0 Å². The molecule has 25 heavy (non-hydrogen) atoms. The van der Waals surface area contributed by atoms with Crippen molar-refractivity contribution in [3.63, 3.8) is 0 Å². The summed E-state index contributed by atoms with van der Waals surface area (Å²) in [6.45, 7) is 1.62. The van der Waals surface area contributed by atoms with Crippen molar-refractivity contribution in [3.05, 3.63) is 47.1 Å². The predicted molar refractivity (Wildman–Crippen MR) is 105 cm³/mol. The molecule has 1 amide bonds. The Morgan fingerprint density at radius 2 is 2.16 bits per heavy atom. The number of hydrogen-bond donors (Lipinski definition) is 1. The monoisotopic (exact) mass is 416 g/mol. The van der Waals surface area contributed by atoms with E-state index in [0.29, 0.717) is 6.54 Å². The van der Waals surface area contributed by atoms with Crippen LogP contribution >= 0.6 is 27.3 Å². The number of piperidine rings is 1. The number of halogens is 1. The van der Waals surface area contributed by atoms with Crippen molar-refractivity contribution in [1.82, 2.24) is 9.97 Å². The first-order valence-electron chi connectivity index (χ1n) is 8.22. The average Bonchev–Trinajstić information content (AvgIpc) is 3.08. The van der Waals surface area contributed by atoms with Crippen LogP contribution in [0.1, 0.15) is 12.8 Å². The zero-order valence-corrected chi connectivity index (χ0v) is 15.9. The number of rotatable bonds is 3. The fourth-order valence-electron chi connectivity index (χ4n) is 3.06. The number of nitrogens with zero attached hydrogens (tertiary/aromatic N) is 3. The zero-order valence-electron chi connectivity index (χ0n) is 13.5. The van der Waals surface area contributed by atoms with Gasteiger partial charge in [0.2, 0.25) is 5.91 Å². The maximum atomic E-state index is 12.7. The summed E-state index contributed by atoms with van der Waals surface area (Å²) in [5.41, 5.74) is 1.73. The van der Waals surface area contributed by atoms with Crippen molar-refractivity contribution < 1.29 is 4.79 Å². The highest BCUT2D eigenvalue weighted by Gasteiger charge is 2.27. The smallest absolute Gasteiger partial charge is 0.229 e. The Balaban J connectivity index is 1.48. The molecule has 1 N–H and O–H groups in total. The summed E-state index contributed by atoms with van der Waals surface area (Å²) in [7, 11) is 0. The van der Waals surface area contributed by atoms with E-state index in [1.807, 2.05) is 36.4 Å². The van der Waals surface area contributed by atoms with Crippen LogP contribution in [0.3, 0.4) is 0 Å². The second kappa shape index (κ2) is 7.09. The fraction of sp³-hybridized carbons (Fsp3) is 0.278. The van der Waals surface area contributed by atoms with E-state index in [2.05, 4.69) is 36.1 Å². The molecule has 2 aromatic heterocycles. The van der Waals surface area contributed by atoms with E-state index in [4.69, 9.17) is 0 Å². The van der Waals surface area contributed by atoms with Crippen molar-refractivity contribution in [2.75, 3.05) is 23.3 Å². The first kappa shape index (κ1) is 16.5. The lowest BCUT2D eigenvalue weighted by Crippen LogP contribution is -2.40. The quantitative estimate of drug-likeness (QED) is 0.690. The van der Waals surface area contributed by atoms with Gasteiger partial charge in [-0.1, -0.05) is 23.5 Å². The molecule has 128 valence electrons. The van der Waals surface area contributed by atoms with Gasteiger partial charge in [-0.15, -0.1) is 0 Å². The third-order valence-corrected chi connectivity index (χ3v) is 6.08. The van der Waals surface area contributed by atoms with Crippen LogP contribution < -0.4 is 10.2 Å². The van der Waals surface area contributed by atoms with Crippen LogP contribution in [-0.2, 0) is 4.79 Å². The summed E-state index contributed by atoms with van der Waals surface area (Å²) in [6.07, 6.45) is 3.67. The number of benzene rings is 1. The molecule has 1 atom stereocenters. The second-order valence-corrected chi connectivity index (χ2v) is 7.89. The first-order valence-corrected chi connectivity index (χ1v) is 9.83. The number of carbonyl (C=O) groups is 1. The summed E-state index contributed by atoms with van der Waals surface area (Å²) in [5, 5.41) is 3.99. The van der Waals surface area contributed by atoms with Gasteiger partial charge in [-0.2, -0.15) is 0 Å². The summed E-state index contributed by atoms with van der Waals surface area (Å²) in [4.78, 5) is 24.9. The predicted octanol–water partition coefficient (Wildman–Crippen LogP) is 4.31. The highest BCUT2D eigenvalue weighted by molar-refractivity contribution is 9.10. The number of anilines is 2. The largest absolute Gasteiger partial charge is 0.347 e. The Hall–Kier alpha value is -1.99. The van der Waals surface area contributed by atoms with Crippen LogP contribution in [-0.4, -0.2) is 29.0 Å². The minimum atomic E-state index is -0.0409. The minimum absolute atomic E-state index is 0.0409. The standard InChI is InChI=1S/C18H17BrN4OS/c19-13-6-1-2-7-14(13)21-16(24)12-5-4-10-23(11-12)18-22-15-8-3-9-20-17(15)25-18/h1-3,6-9,12H,4-5,10-11H2,(H,21,24). The van der Waals surface area contributed by atoms with E-state index < -0.39 is 0 Å². The van der Waals surface area contributed by atoms with Gasteiger partial charge in [0.1, 0.15) is 10.3 Å². The Kier molecular flexibility index (Phi) is 4.67. The topological polar surface area (TPSA) is 58.1 Å². The van der Waals surface area contributed by atoms with E-state index in [1.54, 1.807) is 17.5 Å². The number of amides is 1. The van der Waals surface area contributed by atoms with Gasteiger partial charge in [-0.3, -0.25) is 4.79 Å². The Morgan fingerprint density at radius 3 is 3.00 bits per heavy atom. The van der Waals surface area contributed by atoms with Crippen LogP contribution in [0.25, 0.3) is 10.3 Å². The molecular formula is C18H17BrN4OS. The number of thiazole rings is 1. The van der Waals surface area contributed by atoms with Crippen LogP contribution in [0, 0.1) is 5.92 Å². The van der Waals surface area contributed by atoms with Gasteiger partial charge in [-0.25, -0.2) is 9.97 Å². The lowest BCUT2D eigenvalue weighted by atomic mass is 9.97. The maximum absolute atomic E-state index is 12.7. The van der Waals surface area contributed by atoms with Gasteiger partial charge in [0.25, 0.3) is 0 Å². The molecule has 0 radical (unpaired) electrons. The van der Waals surface area contributed by atoms with Gasteiger partial charge in [0.15, 0.2) is 5.13 Å². The van der Waals surface area contributed by atoms with Crippen LogP contribution in [0.4, 0.5) is 10.8 Å². The van der Waals surface area contributed by atoms with E-state index in [1.165, 1.54) is 0 Å². The number of para-hydroxylation sites is 1. The van der Waals surface area contributed by atoms with E-state index in [-0.39, 0.29) is 11.8 Å². The molecule has 1 aliphatic rings. The Bertz CT molecular complexity index is 880. The molecule has 1 unspecified atom stereocenters. The molecule has 1 saturated heterocycles. The Labute approximate surface area is 158 Å². The average molecular weight is 417 g/mol. The van der Waals surface area contributed by atoms with E-state index >= 15 is 0 Å². The third kappa shape index (κ3) is 3.52. The maximum Gasteiger partial charge on any atom is 0.229 e. The molecule has 1 aliphatic heterocycles. The molecule has 4 rings (SSSR count). The molecule has 3 heterocycles. The number of carbonyl (C=O) groups excluding carboxylic acids is 1. The van der Waals surface area contributed by atoms with Gasteiger partial charge < -0.3 is 10.2 Å². The molecule has 0 saturated carbocycles. The van der Waals surface area contributed by atoms with Crippen LogP contribution in [0.5, 0.6) is 0 Å². The molecule has 1 fully saturated rings. The third-order valence-electron chi connectivity index (χ3n) is 4.35. The van der Waals surface area contributed by atoms with Crippen LogP contribution in [0.15, 0.2) is 47.1 Å². The Morgan fingerprint density at radius 1 is 1.28 bits per heavy atom. The first-order chi connectivity index (χ1) is 12.2. The molecule has 7 heteroatoms. The van der Waals surface area contributed by atoms with Gasteiger partial charge >= 0.3 is 0 Å². The zero-order chi connectivity index (χ0) is 17.2. The lowest BCUT2D eigenvalue weighted by Gasteiger charge is -2.31. The van der Waals surface area contributed by atoms with Crippen molar-refractivity contribution in [2.24, 2.45) is 5.92 Å². The molecule has 5 nitrogen and oxygen atoms in total. The van der Waals surface area contributed by atoms with Gasteiger partial charge in [0.05, 0.1) is 11.6 Å². The van der Waals surface area contributed by atoms with Crippen molar-refractivity contribution in [3.8, 4) is 0 Å². The highest BCUT2D eigenvalue weighted by atomic mass is 79.9. The summed E-state index contributed by atoms with van der Waals surface area (Å²) in [6, 6.07) is 11.6. The summed E-state index contributed by atoms with van der Waals surface area (Å²) < 4.78 is 0.897. The highest BCUT2D eigenvalue weighted by Crippen LogP contribution is 2.31. The summed E-state index contributed by atoms with van der Waals surface area (Å²) >= 11 is 5.07. The van der Waals surface area contributed by atoms with Gasteiger partial charge in [-0.05, 0) is 53.0 Å². The number of nitrogens with one attached hydrogen (secondary N) is 1. The SMILES string of the molecule is O=C(Nc1ccccc1Br)C1CCCN(c2nc3cccnc3s2)C1. The van der Waals surface area contributed by atoms with Gasteiger partial charge in [0, 0.05) is 23.8 Å². The van der Waals surface area contributed by atoms with Crippen molar-refractivity contribution in [2.45, 2.75) is 12.8 Å². The normalized spacial score (nSPS) is 17.6. The van der Waals surface area contributed by atoms with E-state index in [9.17, 15) is 4.79 Å².